The molecule has 3 nitrogen and oxygen atoms in total. The van der Waals surface area contributed by atoms with E-state index < -0.39 is 0 Å². The van der Waals surface area contributed by atoms with E-state index in [2.05, 4.69) is 5.32 Å². The number of carbonyl (C=O) groups excluding carboxylic acids is 1. The van der Waals surface area contributed by atoms with Crippen molar-refractivity contribution < 1.29 is 9.18 Å². The lowest BCUT2D eigenvalue weighted by molar-refractivity contribution is -0.122. The third kappa shape index (κ3) is 5.27. The van der Waals surface area contributed by atoms with Crippen LogP contribution in [0.1, 0.15) is 25.8 Å². The van der Waals surface area contributed by atoms with Crippen molar-refractivity contribution in [1.82, 2.24) is 5.32 Å². The van der Waals surface area contributed by atoms with Crippen molar-refractivity contribution in [2.75, 3.05) is 6.54 Å². The highest BCUT2D eigenvalue weighted by molar-refractivity contribution is 5.76. The van der Waals surface area contributed by atoms with Gasteiger partial charge in [-0.25, -0.2) is 4.39 Å². The quantitative estimate of drug-likeness (QED) is 0.812. The van der Waals surface area contributed by atoms with Gasteiger partial charge in [0, 0.05) is 19.0 Å². The zero-order valence-corrected chi connectivity index (χ0v) is 10.9. The summed E-state index contributed by atoms with van der Waals surface area (Å²) in [5, 5.41) is 2.82. The van der Waals surface area contributed by atoms with Crippen LogP contribution in [-0.2, 0) is 11.2 Å². The molecule has 0 saturated heterocycles. The summed E-state index contributed by atoms with van der Waals surface area (Å²) in [4.78, 5) is 11.6. The van der Waals surface area contributed by atoms with E-state index in [1.54, 1.807) is 6.07 Å². The van der Waals surface area contributed by atoms with E-state index in [1.807, 2.05) is 19.9 Å². The van der Waals surface area contributed by atoms with Crippen LogP contribution in [0, 0.1) is 11.7 Å². The van der Waals surface area contributed by atoms with Crippen LogP contribution in [0.2, 0.25) is 0 Å². The van der Waals surface area contributed by atoms with Gasteiger partial charge in [0.1, 0.15) is 5.82 Å². The molecular weight excluding hydrogens is 231 g/mol. The van der Waals surface area contributed by atoms with Crippen LogP contribution in [0.15, 0.2) is 24.3 Å². The second-order valence-electron chi connectivity index (χ2n) is 4.85. The van der Waals surface area contributed by atoms with Crippen LogP contribution in [0.5, 0.6) is 0 Å². The highest BCUT2D eigenvalue weighted by Gasteiger charge is 2.11. The van der Waals surface area contributed by atoms with Gasteiger partial charge in [-0.2, -0.15) is 0 Å². The fourth-order valence-electron chi connectivity index (χ4n) is 1.85. The van der Waals surface area contributed by atoms with Crippen molar-refractivity contribution in [3.05, 3.63) is 35.6 Å². The molecule has 1 amide bonds. The molecule has 0 radical (unpaired) electrons. The normalized spacial score (nSPS) is 14.0. The van der Waals surface area contributed by atoms with Gasteiger partial charge in [-0.15, -0.1) is 0 Å². The molecule has 0 aliphatic heterocycles. The molecule has 0 aliphatic carbocycles. The Labute approximate surface area is 108 Å². The molecular formula is C14H21FN2O. The van der Waals surface area contributed by atoms with Gasteiger partial charge in [-0.1, -0.05) is 19.1 Å². The molecule has 3 N–H and O–H groups in total. The number of benzene rings is 1. The summed E-state index contributed by atoms with van der Waals surface area (Å²) in [7, 11) is 0. The number of nitrogens with one attached hydrogen (secondary N) is 1. The Kier molecular flexibility index (Phi) is 5.78. The molecule has 0 bridgehead atoms. The fraction of sp³-hybridized carbons (Fsp3) is 0.500. The number of rotatable bonds is 6. The van der Waals surface area contributed by atoms with Gasteiger partial charge in [0.05, 0.1) is 0 Å². The number of halogens is 1. The smallest absolute Gasteiger partial charge is 0.220 e. The monoisotopic (exact) mass is 252 g/mol. The maximum absolute atomic E-state index is 13.0. The summed E-state index contributed by atoms with van der Waals surface area (Å²) in [5.74, 6) is -0.0606. The second-order valence-corrected chi connectivity index (χ2v) is 4.85. The highest BCUT2D eigenvalue weighted by atomic mass is 19.1. The summed E-state index contributed by atoms with van der Waals surface area (Å²) >= 11 is 0. The minimum atomic E-state index is -0.235. The van der Waals surface area contributed by atoms with Crippen LogP contribution in [0.4, 0.5) is 4.39 Å². The van der Waals surface area contributed by atoms with Crippen molar-refractivity contribution in [2.24, 2.45) is 11.7 Å². The van der Waals surface area contributed by atoms with Crippen LogP contribution >= 0.6 is 0 Å². The van der Waals surface area contributed by atoms with Gasteiger partial charge < -0.3 is 11.1 Å². The Morgan fingerprint density at radius 3 is 2.78 bits per heavy atom. The number of hydrogen-bond acceptors (Lipinski definition) is 2. The van der Waals surface area contributed by atoms with E-state index in [0.717, 1.165) is 5.56 Å². The number of carbonyl (C=O) groups is 1. The summed E-state index contributed by atoms with van der Waals surface area (Å²) < 4.78 is 13.0. The Bertz CT molecular complexity index is 395. The predicted octanol–water partition coefficient (Wildman–Crippen LogP) is 1.86. The number of amides is 1. The molecule has 1 aromatic carbocycles. The Hall–Kier alpha value is -1.42. The molecule has 100 valence electrons. The number of nitrogens with two attached hydrogens (primary N) is 1. The standard InChI is InChI=1S/C14H21FN2O/c1-10(7-14(18)17-11(2)9-16)6-12-4-3-5-13(15)8-12/h3-5,8,10-11H,6-7,9,16H2,1-2H3,(H,17,18)/t10?,11-/m0/s1. The molecule has 1 unspecified atom stereocenters. The van der Waals surface area contributed by atoms with Crippen molar-refractivity contribution in [1.29, 1.82) is 0 Å². The van der Waals surface area contributed by atoms with Gasteiger partial charge in [-0.05, 0) is 37.0 Å². The lowest BCUT2D eigenvalue weighted by atomic mass is 9.97. The molecule has 1 aromatic rings. The molecule has 4 heteroatoms. The maximum Gasteiger partial charge on any atom is 0.220 e. The lowest BCUT2D eigenvalue weighted by Crippen LogP contribution is -2.38. The Morgan fingerprint density at radius 2 is 2.17 bits per heavy atom. The average molecular weight is 252 g/mol. The SMILES string of the molecule is CC(CC(=O)N[C@@H](C)CN)Cc1cccc(F)c1. The van der Waals surface area contributed by atoms with Crippen LogP contribution in [0.3, 0.4) is 0 Å². The largest absolute Gasteiger partial charge is 0.352 e. The van der Waals surface area contributed by atoms with E-state index in [-0.39, 0.29) is 23.7 Å². The van der Waals surface area contributed by atoms with Crippen molar-refractivity contribution >= 4 is 5.91 Å². The Morgan fingerprint density at radius 1 is 1.44 bits per heavy atom. The van der Waals surface area contributed by atoms with E-state index in [0.29, 0.717) is 19.4 Å². The van der Waals surface area contributed by atoms with E-state index in [1.165, 1.54) is 12.1 Å². The van der Waals surface area contributed by atoms with Gasteiger partial charge in [0.2, 0.25) is 5.91 Å². The molecule has 0 aromatic heterocycles. The molecule has 0 aliphatic rings. The first kappa shape index (κ1) is 14.6. The zero-order chi connectivity index (χ0) is 13.5. The van der Waals surface area contributed by atoms with Gasteiger partial charge >= 0.3 is 0 Å². The minimum absolute atomic E-state index is 0.00105. The van der Waals surface area contributed by atoms with E-state index in [9.17, 15) is 9.18 Å². The first-order valence-electron chi connectivity index (χ1n) is 6.25. The predicted molar refractivity (Wildman–Crippen MR) is 70.5 cm³/mol. The third-order valence-electron chi connectivity index (χ3n) is 2.77. The lowest BCUT2D eigenvalue weighted by Gasteiger charge is -2.15. The highest BCUT2D eigenvalue weighted by Crippen LogP contribution is 2.13. The molecule has 18 heavy (non-hydrogen) atoms. The van der Waals surface area contributed by atoms with Gasteiger partial charge in [0.25, 0.3) is 0 Å². The molecule has 0 spiro atoms. The van der Waals surface area contributed by atoms with Crippen LogP contribution < -0.4 is 11.1 Å². The second kappa shape index (κ2) is 7.11. The average Bonchev–Trinajstić information content (AvgIpc) is 2.28. The zero-order valence-electron chi connectivity index (χ0n) is 10.9. The van der Waals surface area contributed by atoms with E-state index >= 15 is 0 Å². The van der Waals surface area contributed by atoms with Gasteiger partial charge in [-0.3, -0.25) is 4.79 Å². The van der Waals surface area contributed by atoms with Crippen LogP contribution in [0.25, 0.3) is 0 Å². The fourth-order valence-corrected chi connectivity index (χ4v) is 1.85. The number of hydrogen-bond donors (Lipinski definition) is 2. The van der Waals surface area contributed by atoms with Crippen molar-refractivity contribution in [2.45, 2.75) is 32.7 Å². The van der Waals surface area contributed by atoms with Crippen molar-refractivity contribution in [3.8, 4) is 0 Å². The molecule has 0 saturated carbocycles. The van der Waals surface area contributed by atoms with Crippen LogP contribution in [-0.4, -0.2) is 18.5 Å². The summed E-state index contributed by atoms with van der Waals surface area (Å²) in [6.07, 6.45) is 1.13. The first-order valence-corrected chi connectivity index (χ1v) is 6.25. The molecule has 0 heterocycles. The van der Waals surface area contributed by atoms with Gasteiger partial charge in [0.15, 0.2) is 0 Å². The molecule has 0 fully saturated rings. The molecule has 1 rings (SSSR count). The summed E-state index contributed by atoms with van der Waals surface area (Å²) in [6.45, 7) is 4.29. The first-order chi connectivity index (χ1) is 8.51. The summed E-state index contributed by atoms with van der Waals surface area (Å²) in [5.41, 5.74) is 6.35. The summed E-state index contributed by atoms with van der Waals surface area (Å²) in [6, 6.07) is 6.49. The maximum atomic E-state index is 13.0. The third-order valence-corrected chi connectivity index (χ3v) is 2.77. The minimum Gasteiger partial charge on any atom is -0.352 e. The van der Waals surface area contributed by atoms with E-state index in [4.69, 9.17) is 5.73 Å². The molecule has 2 atom stereocenters. The topological polar surface area (TPSA) is 55.1 Å². The Balaban J connectivity index is 2.42. The van der Waals surface area contributed by atoms with Crippen molar-refractivity contribution in [3.63, 3.8) is 0 Å².